The van der Waals surface area contributed by atoms with Crippen molar-refractivity contribution < 1.29 is 31.9 Å². The zero-order chi connectivity index (χ0) is 44.2. The number of para-hydroxylation sites is 1. The van der Waals surface area contributed by atoms with Gasteiger partial charge in [-0.05, 0) is 69.1 Å². The molecule has 5 aliphatic heterocycles. The van der Waals surface area contributed by atoms with Crippen LogP contribution in [-0.4, -0.2) is 121 Å². The Labute approximate surface area is 360 Å². The zero-order valence-electron chi connectivity index (χ0n) is 34.9. The molecule has 6 aliphatic rings. The molecule has 1 unspecified atom stereocenters. The minimum Gasteiger partial charge on any atom is -0.357 e. The molecule has 0 radical (unpaired) electrons. The molecule has 1 atom stereocenters. The minimum absolute atomic E-state index is 0.00944. The quantitative estimate of drug-likeness (QED) is 0.0928. The lowest BCUT2D eigenvalue weighted by molar-refractivity contribution is -0.293. The van der Waals surface area contributed by atoms with Gasteiger partial charge in [0.2, 0.25) is 11.8 Å². The Morgan fingerprint density at radius 3 is 2.54 bits per heavy atom. The number of dihydropyridines is 1. The Hall–Kier alpha value is -5.87. The predicted octanol–water partition coefficient (Wildman–Crippen LogP) is 4.54. The van der Waals surface area contributed by atoms with Crippen LogP contribution in [0.1, 0.15) is 87.6 Å². The maximum absolute atomic E-state index is 15.3. The Morgan fingerprint density at radius 2 is 1.84 bits per heavy atom. The number of carbonyl (C=O) groups is 3. The first-order valence-corrected chi connectivity index (χ1v) is 21.6. The molecule has 3 N–H and O–H groups in total. The van der Waals surface area contributed by atoms with Gasteiger partial charge in [0.25, 0.3) is 18.3 Å². The number of aromatic nitrogens is 4. The lowest BCUT2D eigenvalue weighted by Gasteiger charge is -2.66. The van der Waals surface area contributed by atoms with E-state index in [4.69, 9.17) is 5.41 Å². The predicted molar refractivity (Wildman–Crippen MR) is 226 cm³/mol. The third kappa shape index (κ3) is 7.70. The van der Waals surface area contributed by atoms with Crippen molar-refractivity contribution in [3.05, 3.63) is 69.6 Å². The van der Waals surface area contributed by atoms with Gasteiger partial charge in [0, 0.05) is 65.0 Å². The van der Waals surface area contributed by atoms with Crippen molar-refractivity contribution in [2.75, 3.05) is 51.1 Å². The number of alkyl halides is 4. The molecule has 1 saturated carbocycles. The van der Waals surface area contributed by atoms with Gasteiger partial charge in [0.15, 0.2) is 5.69 Å². The number of likely N-dealkylation sites (tertiary alicyclic amines) is 3. The van der Waals surface area contributed by atoms with Gasteiger partial charge < -0.3 is 15.6 Å². The van der Waals surface area contributed by atoms with E-state index in [1.807, 2.05) is 22.0 Å². The van der Waals surface area contributed by atoms with Crippen molar-refractivity contribution in [2.45, 2.75) is 87.8 Å². The number of benzene rings is 1. The topological polar surface area (TPSA) is 166 Å². The SMILES string of the molecule is Cn1c(=O)n(C2CCC(=O)NC2=O)c2cccc(C#CCN3CC4(C3)N(C[C@H]3CC[C@H](n5cc(NC(=O)/C(C=N)=C6/CC=CC(N7CCCC7)=N6)c(C(F)F)n5)CC3)CC4(F)F)c21. The van der Waals surface area contributed by atoms with E-state index < -0.39 is 47.1 Å². The minimum atomic E-state index is -2.95. The smallest absolute Gasteiger partial charge is 0.329 e. The molecule has 5 fully saturated rings. The van der Waals surface area contributed by atoms with Crippen LogP contribution in [0.2, 0.25) is 0 Å². The Kier molecular flexibility index (Phi) is 11.2. The Morgan fingerprint density at radius 1 is 1.08 bits per heavy atom. The van der Waals surface area contributed by atoms with Crippen molar-refractivity contribution in [1.29, 1.82) is 5.41 Å². The highest BCUT2D eigenvalue weighted by molar-refractivity contribution is 6.18. The highest BCUT2D eigenvalue weighted by Crippen LogP contribution is 2.51. The third-order valence-corrected chi connectivity index (χ3v) is 13.6. The fourth-order valence-corrected chi connectivity index (χ4v) is 10.2. The van der Waals surface area contributed by atoms with Gasteiger partial charge in [-0.15, -0.1) is 0 Å². The number of hydrogen-bond donors (Lipinski definition) is 3. The molecular formula is C44H49F4N11O4. The van der Waals surface area contributed by atoms with E-state index in [1.54, 1.807) is 25.2 Å². The van der Waals surface area contributed by atoms with Crippen molar-refractivity contribution in [1.82, 2.24) is 38.9 Å². The molecule has 63 heavy (non-hydrogen) atoms. The summed E-state index contributed by atoms with van der Waals surface area (Å²) in [6.45, 7) is 2.41. The standard InChI is InChI=1S/C44H49F4N11O4/c1-54-38-28(7-4-10-33(38)59(42(54)63)34-16-17-36(60)52-41(34)62)8-6-18-55-24-43(25-55)44(47,48)26-57(43)22-27-12-14-29(15-13-27)58-23-32(37(53-58)39(45)46)51-40(61)30(21-49)31-9-5-11-35(50-31)56-19-2-3-20-56/h4-5,7,10-11,21,23,27,29,34,39,49H,2-3,9,12-20,22,24-26H2,1H3,(H,51,61)(H,52,60,62)/b31-30-,49-21?/t27-,29-,34?. The normalized spacial score (nSPS) is 25.3. The summed E-state index contributed by atoms with van der Waals surface area (Å²) in [6.07, 6.45) is 8.49. The summed E-state index contributed by atoms with van der Waals surface area (Å²) in [7, 11) is 1.60. The molecule has 1 aromatic carbocycles. The number of imidazole rings is 1. The molecule has 2 aromatic heterocycles. The van der Waals surface area contributed by atoms with Gasteiger partial charge in [-0.1, -0.05) is 24.0 Å². The second kappa shape index (κ2) is 16.7. The Bertz CT molecular complexity index is 2580. The van der Waals surface area contributed by atoms with Gasteiger partial charge in [-0.25, -0.2) is 27.3 Å². The summed E-state index contributed by atoms with van der Waals surface area (Å²) in [5.74, 6) is 2.58. The average Bonchev–Trinajstić information content (AvgIpc) is 3.99. The largest absolute Gasteiger partial charge is 0.357 e. The number of hydrogen-bond acceptors (Lipinski definition) is 10. The van der Waals surface area contributed by atoms with E-state index in [1.165, 1.54) is 20.0 Å². The maximum Gasteiger partial charge on any atom is 0.329 e. The molecule has 332 valence electrons. The second-order valence-electron chi connectivity index (χ2n) is 17.5. The number of imide groups is 1. The molecular weight excluding hydrogens is 823 g/mol. The molecule has 3 aromatic rings. The van der Waals surface area contributed by atoms with Crippen molar-refractivity contribution in [3.63, 3.8) is 0 Å². The number of aryl methyl sites for hydroxylation is 1. The van der Waals surface area contributed by atoms with Crippen LogP contribution >= 0.6 is 0 Å². The summed E-state index contributed by atoms with van der Waals surface area (Å²) < 4.78 is 63.4. The number of aliphatic imine (C=N–C) groups is 1. The molecule has 4 saturated heterocycles. The molecule has 3 amide bonds. The number of anilines is 1. The van der Waals surface area contributed by atoms with Crippen molar-refractivity contribution in [3.8, 4) is 11.8 Å². The maximum atomic E-state index is 15.3. The van der Waals surface area contributed by atoms with Crippen LogP contribution in [0.3, 0.4) is 0 Å². The summed E-state index contributed by atoms with van der Waals surface area (Å²) in [5, 5.41) is 17.0. The lowest BCUT2D eigenvalue weighted by atomic mass is 9.72. The number of rotatable bonds is 9. The first-order chi connectivity index (χ1) is 30.3. The Balaban J connectivity index is 0.805. The van der Waals surface area contributed by atoms with Gasteiger partial charge in [0.05, 0.1) is 52.7 Å². The molecule has 19 heteroatoms. The lowest BCUT2D eigenvalue weighted by Crippen LogP contribution is -2.87. The number of halogens is 4. The molecule has 9 rings (SSSR count). The highest BCUT2D eigenvalue weighted by Gasteiger charge is 2.71. The highest BCUT2D eigenvalue weighted by atomic mass is 19.3. The molecule has 1 spiro atoms. The van der Waals surface area contributed by atoms with Gasteiger partial charge in [0.1, 0.15) is 17.4 Å². The first-order valence-electron chi connectivity index (χ1n) is 21.6. The van der Waals surface area contributed by atoms with Crippen LogP contribution in [0, 0.1) is 23.2 Å². The van der Waals surface area contributed by atoms with Crippen LogP contribution in [0.4, 0.5) is 23.2 Å². The van der Waals surface area contributed by atoms with Crippen LogP contribution in [0.15, 0.2) is 57.6 Å². The fraction of sp³-hybridized carbons (Fsp3) is 0.523. The first kappa shape index (κ1) is 42.4. The summed E-state index contributed by atoms with van der Waals surface area (Å²) in [5.41, 5.74) is -0.364. The van der Waals surface area contributed by atoms with Crippen LogP contribution < -0.4 is 16.3 Å². The number of carbonyl (C=O) groups excluding carboxylic acids is 3. The van der Waals surface area contributed by atoms with E-state index in [-0.39, 0.29) is 68.1 Å². The van der Waals surface area contributed by atoms with Crippen LogP contribution in [0.25, 0.3) is 11.0 Å². The summed E-state index contributed by atoms with van der Waals surface area (Å²) in [6, 6.07) is 4.20. The van der Waals surface area contributed by atoms with Crippen molar-refractivity contribution in [2.24, 2.45) is 18.0 Å². The number of fused-ring (bicyclic) bond motifs is 1. The second-order valence-corrected chi connectivity index (χ2v) is 17.5. The number of amidine groups is 1. The monoisotopic (exact) mass is 871 g/mol. The molecule has 0 bridgehead atoms. The van der Waals surface area contributed by atoms with Crippen molar-refractivity contribution >= 4 is 46.5 Å². The van der Waals surface area contributed by atoms with E-state index in [9.17, 15) is 28.0 Å². The molecule has 15 nitrogen and oxygen atoms in total. The summed E-state index contributed by atoms with van der Waals surface area (Å²) in [4.78, 5) is 61.5. The van der Waals surface area contributed by atoms with Gasteiger partial charge in [-0.2, -0.15) is 5.10 Å². The number of piperidine rings is 1. The summed E-state index contributed by atoms with van der Waals surface area (Å²) >= 11 is 0. The van der Waals surface area contributed by atoms with E-state index in [0.717, 1.165) is 38.0 Å². The van der Waals surface area contributed by atoms with E-state index in [2.05, 4.69) is 37.5 Å². The van der Waals surface area contributed by atoms with Gasteiger partial charge >= 0.3 is 5.69 Å². The van der Waals surface area contributed by atoms with E-state index in [0.29, 0.717) is 60.9 Å². The average molecular weight is 872 g/mol. The van der Waals surface area contributed by atoms with Crippen LogP contribution in [-0.2, 0) is 21.4 Å². The number of nitrogens with one attached hydrogen (secondary N) is 3. The van der Waals surface area contributed by atoms with E-state index >= 15 is 8.78 Å². The number of nitrogens with zero attached hydrogens (tertiary/aromatic N) is 8. The third-order valence-electron chi connectivity index (χ3n) is 13.6. The number of allylic oxidation sites excluding steroid dienone is 1. The zero-order valence-corrected chi connectivity index (χ0v) is 34.9. The molecule has 7 heterocycles. The molecule has 1 aliphatic carbocycles. The fourth-order valence-electron chi connectivity index (χ4n) is 10.2. The van der Waals surface area contributed by atoms with Crippen LogP contribution in [0.5, 0.6) is 0 Å². The van der Waals surface area contributed by atoms with Gasteiger partial charge in [-0.3, -0.25) is 43.3 Å². The number of amides is 3.